The van der Waals surface area contributed by atoms with E-state index in [2.05, 4.69) is 61.7 Å². The molecule has 0 amide bonds. The molecule has 4 aliphatic rings. The minimum absolute atomic E-state index is 0.610. The fraction of sp³-hybridized carbons (Fsp3) is 0.538. The van der Waals surface area contributed by atoms with Gasteiger partial charge in [-0.15, -0.1) is 0 Å². The maximum Gasteiger partial charge on any atom is 0.0414 e. The van der Waals surface area contributed by atoms with Gasteiger partial charge >= 0.3 is 0 Å². The van der Waals surface area contributed by atoms with Crippen molar-refractivity contribution in [2.24, 2.45) is 17.8 Å². The molecule has 0 spiro atoms. The van der Waals surface area contributed by atoms with Crippen LogP contribution in [0.15, 0.2) is 70.5 Å². The van der Waals surface area contributed by atoms with Crippen molar-refractivity contribution in [1.82, 2.24) is 5.32 Å². The molecule has 0 aromatic heterocycles. The Bertz CT molecular complexity index is 738. The van der Waals surface area contributed by atoms with Gasteiger partial charge in [-0.1, -0.05) is 62.0 Å². The van der Waals surface area contributed by atoms with Crippen molar-refractivity contribution in [3.05, 3.63) is 70.5 Å². The molecule has 3 aliphatic carbocycles. The Kier molecular flexibility index (Phi) is 5.86. The van der Waals surface area contributed by atoms with Crippen LogP contribution in [0.25, 0.3) is 0 Å². The summed E-state index contributed by atoms with van der Waals surface area (Å²) in [6.07, 6.45) is 27.0. The van der Waals surface area contributed by atoms with Crippen LogP contribution in [0.3, 0.4) is 0 Å². The second-order valence-electron chi connectivity index (χ2n) is 8.89. The molecule has 0 bridgehead atoms. The van der Waals surface area contributed by atoms with Gasteiger partial charge in [0.1, 0.15) is 0 Å². The fourth-order valence-corrected chi connectivity index (χ4v) is 5.15. The SMILES string of the molecule is CC(C)C1=CC(C2CCCC=C2C2CC=CCC2)=C(C2=CC=CCC2)NC1. The van der Waals surface area contributed by atoms with E-state index in [0.29, 0.717) is 11.8 Å². The van der Waals surface area contributed by atoms with E-state index in [4.69, 9.17) is 0 Å². The van der Waals surface area contributed by atoms with Crippen molar-refractivity contribution >= 4 is 0 Å². The minimum Gasteiger partial charge on any atom is -0.381 e. The molecule has 0 radical (unpaired) electrons. The lowest BCUT2D eigenvalue weighted by Crippen LogP contribution is -2.30. The van der Waals surface area contributed by atoms with Crippen LogP contribution in [-0.4, -0.2) is 6.54 Å². The van der Waals surface area contributed by atoms with E-state index in [-0.39, 0.29) is 0 Å². The average molecular weight is 362 g/mol. The van der Waals surface area contributed by atoms with Crippen LogP contribution in [0.5, 0.6) is 0 Å². The zero-order chi connectivity index (χ0) is 18.6. The molecule has 2 unspecified atom stereocenters. The molecule has 0 saturated heterocycles. The lowest BCUT2D eigenvalue weighted by molar-refractivity contribution is 0.452. The second-order valence-corrected chi connectivity index (χ2v) is 8.89. The van der Waals surface area contributed by atoms with E-state index < -0.39 is 0 Å². The lowest BCUT2D eigenvalue weighted by atomic mass is 9.71. The maximum atomic E-state index is 3.86. The van der Waals surface area contributed by atoms with Crippen molar-refractivity contribution < 1.29 is 0 Å². The average Bonchev–Trinajstić information content (AvgIpc) is 2.74. The molecule has 1 N–H and O–H groups in total. The van der Waals surface area contributed by atoms with Gasteiger partial charge in [-0.3, -0.25) is 0 Å². The monoisotopic (exact) mass is 361 g/mol. The van der Waals surface area contributed by atoms with Gasteiger partial charge in [-0.25, -0.2) is 0 Å². The van der Waals surface area contributed by atoms with Crippen LogP contribution in [0.4, 0.5) is 0 Å². The van der Waals surface area contributed by atoms with Gasteiger partial charge < -0.3 is 5.32 Å². The summed E-state index contributed by atoms with van der Waals surface area (Å²) < 4.78 is 0. The highest BCUT2D eigenvalue weighted by Crippen LogP contribution is 2.43. The Hall–Kier alpha value is -1.76. The summed E-state index contributed by atoms with van der Waals surface area (Å²) in [7, 11) is 0. The molecule has 4 rings (SSSR count). The first kappa shape index (κ1) is 18.6. The van der Waals surface area contributed by atoms with Crippen LogP contribution in [0.2, 0.25) is 0 Å². The normalized spacial score (nSPS) is 28.6. The van der Waals surface area contributed by atoms with Crippen LogP contribution < -0.4 is 5.32 Å². The zero-order valence-electron chi connectivity index (χ0n) is 17.1. The van der Waals surface area contributed by atoms with Gasteiger partial charge in [-0.2, -0.15) is 0 Å². The number of dihydropyridines is 1. The first-order valence-corrected chi connectivity index (χ1v) is 11.1. The summed E-state index contributed by atoms with van der Waals surface area (Å²) in [5.41, 5.74) is 7.86. The van der Waals surface area contributed by atoms with Crippen molar-refractivity contribution in [3.63, 3.8) is 0 Å². The zero-order valence-corrected chi connectivity index (χ0v) is 17.1. The Morgan fingerprint density at radius 2 is 1.96 bits per heavy atom. The predicted molar refractivity (Wildman–Crippen MR) is 116 cm³/mol. The predicted octanol–water partition coefficient (Wildman–Crippen LogP) is 6.79. The van der Waals surface area contributed by atoms with E-state index in [0.717, 1.165) is 12.5 Å². The Labute approximate surface area is 165 Å². The smallest absolute Gasteiger partial charge is 0.0414 e. The highest BCUT2D eigenvalue weighted by atomic mass is 14.9. The molecule has 144 valence electrons. The van der Waals surface area contributed by atoms with Gasteiger partial charge in [-0.05, 0) is 79.9 Å². The lowest BCUT2D eigenvalue weighted by Gasteiger charge is -2.36. The third-order valence-electron chi connectivity index (χ3n) is 6.77. The summed E-state index contributed by atoms with van der Waals surface area (Å²) >= 11 is 0. The molecule has 0 fully saturated rings. The number of rotatable bonds is 4. The molecule has 1 aliphatic heterocycles. The second kappa shape index (κ2) is 8.50. The summed E-state index contributed by atoms with van der Waals surface area (Å²) in [4.78, 5) is 0. The number of hydrogen-bond acceptors (Lipinski definition) is 1. The van der Waals surface area contributed by atoms with Crippen LogP contribution in [0, 0.1) is 17.8 Å². The van der Waals surface area contributed by atoms with Gasteiger partial charge in [0.25, 0.3) is 0 Å². The number of allylic oxidation sites excluding steroid dienone is 10. The maximum absolute atomic E-state index is 3.86. The van der Waals surface area contributed by atoms with Gasteiger partial charge in [0.05, 0.1) is 0 Å². The summed E-state index contributed by atoms with van der Waals surface area (Å²) in [6, 6.07) is 0. The number of nitrogens with one attached hydrogen (secondary N) is 1. The summed E-state index contributed by atoms with van der Waals surface area (Å²) in [5, 5.41) is 3.86. The third kappa shape index (κ3) is 4.08. The molecule has 0 aromatic carbocycles. The molecule has 1 nitrogen and oxygen atoms in total. The quantitative estimate of drug-likeness (QED) is 0.544. The molecular formula is C26H35N. The van der Waals surface area contributed by atoms with Gasteiger partial charge in [0, 0.05) is 18.2 Å². The molecule has 1 heteroatoms. The molecule has 2 atom stereocenters. The topological polar surface area (TPSA) is 12.0 Å². The van der Waals surface area contributed by atoms with Crippen LogP contribution in [0.1, 0.15) is 65.2 Å². The van der Waals surface area contributed by atoms with E-state index in [1.807, 2.05) is 0 Å². The fourth-order valence-electron chi connectivity index (χ4n) is 5.15. The van der Waals surface area contributed by atoms with E-state index in [1.165, 1.54) is 62.6 Å². The van der Waals surface area contributed by atoms with Crippen LogP contribution in [-0.2, 0) is 0 Å². The molecule has 0 aromatic rings. The summed E-state index contributed by atoms with van der Waals surface area (Å²) in [6.45, 7) is 5.68. The minimum atomic E-state index is 0.610. The van der Waals surface area contributed by atoms with Crippen molar-refractivity contribution in [2.75, 3.05) is 6.54 Å². The standard InChI is InChI=1S/C26H35N/c1-19(2)22-17-25(26(27-18-22)21-13-7-4-8-14-21)24-16-10-9-15-23(24)20-11-5-3-6-12-20/h3-5,7,13,15,17,19-20,24,27H,6,8-12,14,16,18H2,1-2H3. The summed E-state index contributed by atoms with van der Waals surface area (Å²) in [5.74, 6) is 1.98. The molecule has 0 saturated carbocycles. The molecule has 1 heterocycles. The first-order valence-electron chi connectivity index (χ1n) is 11.1. The highest BCUT2D eigenvalue weighted by molar-refractivity contribution is 5.49. The van der Waals surface area contributed by atoms with E-state index >= 15 is 0 Å². The van der Waals surface area contributed by atoms with Gasteiger partial charge in [0.15, 0.2) is 0 Å². The van der Waals surface area contributed by atoms with Crippen molar-refractivity contribution in [1.29, 1.82) is 0 Å². The Balaban J connectivity index is 1.75. The van der Waals surface area contributed by atoms with Crippen molar-refractivity contribution in [3.8, 4) is 0 Å². The Morgan fingerprint density at radius 3 is 2.70 bits per heavy atom. The third-order valence-corrected chi connectivity index (χ3v) is 6.77. The largest absolute Gasteiger partial charge is 0.381 e. The molecular weight excluding hydrogens is 326 g/mol. The number of hydrogen-bond donors (Lipinski definition) is 1. The van der Waals surface area contributed by atoms with E-state index in [9.17, 15) is 0 Å². The van der Waals surface area contributed by atoms with E-state index in [1.54, 1.807) is 16.7 Å². The van der Waals surface area contributed by atoms with Crippen molar-refractivity contribution in [2.45, 2.75) is 65.2 Å². The Morgan fingerprint density at radius 1 is 1.04 bits per heavy atom. The highest BCUT2D eigenvalue weighted by Gasteiger charge is 2.31. The van der Waals surface area contributed by atoms with Gasteiger partial charge in [0.2, 0.25) is 0 Å². The van der Waals surface area contributed by atoms with Crippen LogP contribution >= 0.6 is 0 Å². The molecule has 27 heavy (non-hydrogen) atoms. The first-order chi connectivity index (χ1) is 13.2.